The van der Waals surface area contributed by atoms with Crippen molar-refractivity contribution < 1.29 is 9.47 Å². The maximum absolute atomic E-state index is 5.67. The fraction of sp³-hybridized carbons (Fsp3) is 0.600. The number of nitrogens with zero attached hydrogens (tertiary/aromatic N) is 1. The Morgan fingerprint density at radius 1 is 1.37 bits per heavy atom. The predicted molar refractivity (Wildman–Crippen MR) is 78.1 cm³/mol. The van der Waals surface area contributed by atoms with Gasteiger partial charge >= 0.3 is 0 Å². The summed E-state index contributed by atoms with van der Waals surface area (Å²) in [6.07, 6.45) is 0.975. The second kappa shape index (κ2) is 6.78. The first kappa shape index (κ1) is 14.2. The minimum atomic E-state index is 0.418. The third-order valence-electron chi connectivity index (χ3n) is 3.72. The number of ether oxygens (including phenoxy) is 2. The molecule has 1 aliphatic rings. The molecule has 19 heavy (non-hydrogen) atoms. The summed E-state index contributed by atoms with van der Waals surface area (Å²) in [4.78, 5) is 2.36. The highest BCUT2D eigenvalue weighted by Gasteiger charge is 2.16. The van der Waals surface area contributed by atoms with Gasteiger partial charge in [-0.05, 0) is 42.6 Å². The normalized spacial score (nSPS) is 17.3. The van der Waals surface area contributed by atoms with E-state index in [0.717, 1.165) is 38.5 Å². The van der Waals surface area contributed by atoms with Gasteiger partial charge in [-0.3, -0.25) is 0 Å². The van der Waals surface area contributed by atoms with Crippen molar-refractivity contribution in [2.45, 2.75) is 19.3 Å². The largest absolute Gasteiger partial charge is 0.496 e. The average Bonchev–Trinajstić information content (AvgIpc) is 2.47. The lowest BCUT2D eigenvalue weighted by Gasteiger charge is -2.30. The summed E-state index contributed by atoms with van der Waals surface area (Å²) in [6.45, 7) is 6.42. The molecule has 1 heterocycles. The van der Waals surface area contributed by atoms with E-state index >= 15 is 0 Å². The quantitative estimate of drug-likeness (QED) is 0.883. The van der Waals surface area contributed by atoms with Gasteiger partial charge in [-0.1, -0.05) is 6.92 Å². The van der Waals surface area contributed by atoms with Gasteiger partial charge in [-0.15, -0.1) is 0 Å². The lowest BCUT2D eigenvalue weighted by atomic mass is 9.96. The molecule has 0 spiro atoms. The van der Waals surface area contributed by atoms with E-state index in [9.17, 15) is 0 Å². The van der Waals surface area contributed by atoms with Crippen molar-refractivity contribution in [1.82, 2.24) is 0 Å². The highest BCUT2D eigenvalue weighted by atomic mass is 16.5. The van der Waals surface area contributed by atoms with Crippen molar-refractivity contribution in [3.05, 3.63) is 23.8 Å². The van der Waals surface area contributed by atoms with Crippen LogP contribution in [0.25, 0.3) is 0 Å². The number of nitrogens with two attached hydrogens (primary N) is 1. The molecular formula is C15H24N2O2. The highest BCUT2D eigenvalue weighted by molar-refractivity contribution is 5.54. The van der Waals surface area contributed by atoms with Crippen LogP contribution >= 0.6 is 0 Å². The number of rotatable bonds is 5. The molecule has 2 N–H and O–H groups in total. The molecule has 4 nitrogen and oxygen atoms in total. The van der Waals surface area contributed by atoms with Gasteiger partial charge in [0, 0.05) is 18.8 Å². The third kappa shape index (κ3) is 3.39. The Kier molecular flexibility index (Phi) is 5.05. The second-order valence-corrected chi connectivity index (χ2v) is 5.00. The predicted octanol–water partition coefficient (Wildman–Crippen LogP) is 1.98. The fourth-order valence-electron chi connectivity index (χ4n) is 2.53. The van der Waals surface area contributed by atoms with Gasteiger partial charge in [0.25, 0.3) is 0 Å². The molecule has 1 aliphatic heterocycles. The van der Waals surface area contributed by atoms with Gasteiger partial charge in [0.2, 0.25) is 0 Å². The van der Waals surface area contributed by atoms with Gasteiger partial charge in [-0.25, -0.2) is 0 Å². The minimum absolute atomic E-state index is 0.418. The molecule has 0 amide bonds. The first-order chi connectivity index (χ1) is 9.26. The van der Waals surface area contributed by atoms with Crippen molar-refractivity contribution in [2.75, 3.05) is 44.9 Å². The molecule has 0 saturated carbocycles. The zero-order chi connectivity index (χ0) is 13.7. The van der Waals surface area contributed by atoms with Crippen LogP contribution in [0.1, 0.15) is 24.8 Å². The molecule has 1 atom stereocenters. The van der Waals surface area contributed by atoms with E-state index in [2.05, 4.69) is 30.0 Å². The molecular weight excluding hydrogens is 240 g/mol. The van der Waals surface area contributed by atoms with Crippen LogP contribution in [-0.4, -0.2) is 40.0 Å². The maximum atomic E-state index is 5.67. The highest BCUT2D eigenvalue weighted by Crippen LogP contribution is 2.32. The number of hydrogen-bond acceptors (Lipinski definition) is 4. The van der Waals surface area contributed by atoms with E-state index in [1.807, 2.05) is 0 Å². The van der Waals surface area contributed by atoms with Crippen molar-refractivity contribution in [1.29, 1.82) is 0 Å². The lowest BCUT2D eigenvalue weighted by Crippen LogP contribution is -2.36. The fourth-order valence-corrected chi connectivity index (χ4v) is 2.53. The first-order valence-corrected chi connectivity index (χ1v) is 6.97. The molecule has 0 aliphatic carbocycles. The van der Waals surface area contributed by atoms with E-state index in [0.29, 0.717) is 12.5 Å². The van der Waals surface area contributed by atoms with Crippen molar-refractivity contribution in [3.8, 4) is 5.75 Å². The van der Waals surface area contributed by atoms with Crippen LogP contribution in [-0.2, 0) is 4.74 Å². The monoisotopic (exact) mass is 264 g/mol. The van der Waals surface area contributed by atoms with Gasteiger partial charge in [0.15, 0.2) is 0 Å². The zero-order valence-electron chi connectivity index (χ0n) is 11.9. The van der Waals surface area contributed by atoms with E-state index in [1.165, 1.54) is 11.3 Å². The van der Waals surface area contributed by atoms with E-state index in [-0.39, 0.29) is 0 Å². The van der Waals surface area contributed by atoms with E-state index in [1.54, 1.807) is 7.11 Å². The summed E-state index contributed by atoms with van der Waals surface area (Å²) < 4.78 is 10.9. The molecule has 1 fully saturated rings. The summed E-state index contributed by atoms with van der Waals surface area (Å²) in [5.41, 5.74) is 8.17. The Morgan fingerprint density at radius 2 is 2.11 bits per heavy atom. The van der Waals surface area contributed by atoms with Crippen molar-refractivity contribution in [2.24, 2.45) is 5.73 Å². The number of hydrogen-bond donors (Lipinski definition) is 1. The van der Waals surface area contributed by atoms with Crippen LogP contribution in [0.15, 0.2) is 18.2 Å². The molecule has 2 rings (SSSR count). The number of anilines is 1. The standard InChI is InChI=1S/C15H24N2O2/c1-12(5-6-16)14-11-13(3-4-15(14)18-2)17-7-9-19-10-8-17/h3-4,11-12H,5-10,16H2,1-2H3. The smallest absolute Gasteiger partial charge is 0.122 e. The summed E-state index contributed by atoms with van der Waals surface area (Å²) in [5, 5.41) is 0. The second-order valence-electron chi connectivity index (χ2n) is 5.00. The average molecular weight is 264 g/mol. The molecule has 1 unspecified atom stereocenters. The lowest BCUT2D eigenvalue weighted by molar-refractivity contribution is 0.122. The van der Waals surface area contributed by atoms with E-state index in [4.69, 9.17) is 15.2 Å². The molecule has 1 aromatic rings. The Hall–Kier alpha value is -1.26. The summed E-state index contributed by atoms with van der Waals surface area (Å²) in [5.74, 6) is 1.37. The number of methoxy groups -OCH3 is 1. The zero-order valence-corrected chi connectivity index (χ0v) is 11.9. The summed E-state index contributed by atoms with van der Waals surface area (Å²) >= 11 is 0. The van der Waals surface area contributed by atoms with Gasteiger partial charge in [0.1, 0.15) is 5.75 Å². The van der Waals surface area contributed by atoms with Crippen LogP contribution in [0, 0.1) is 0 Å². The van der Waals surface area contributed by atoms with Crippen molar-refractivity contribution >= 4 is 5.69 Å². The molecule has 0 aromatic heterocycles. The number of benzene rings is 1. The molecule has 1 saturated heterocycles. The summed E-state index contributed by atoms with van der Waals surface area (Å²) in [6, 6.07) is 6.43. The maximum Gasteiger partial charge on any atom is 0.122 e. The van der Waals surface area contributed by atoms with E-state index < -0.39 is 0 Å². The van der Waals surface area contributed by atoms with Crippen LogP contribution < -0.4 is 15.4 Å². The molecule has 4 heteroatoms. The van der Waals surface area contributed by atoms with Crippen LogP contribution in [0.3, 0.4) is 0 Å². The Bertz CT molecular complexity index is 403. The van der Waals surface area contributed by atoms with Crippen LogP contribution in [0.5, 0.6) is 5.75 Å². The first-order valence-electron chi connectivity index (χ1n) is 6.97. The molecule has 0 bridgehead atoms. The van der Waals surface area contributed by atoms with Gasteiger partial charge < -0.3 is 20.1 Å². The van der Waals surface area contributed by atoms with Gasteiger partial charge in [0.05, 0.1) is 20.3 Å². The van der Waals surface area contributed by atoms with Crippen LogP contribution in [0.4, 0.5) is 5.69 Å². The SMILES string of the molecule is COc1ccc(N2CCOCC2)cc1C(C)CCN. The summed E-state index contributed by atoms with van der Waals surface area (Å²) in [7, 11) is 1.72. The van der Waals surface area contributed by atoms with Crippen LogP contribution in [0.2, 0.25) is 0 Å². The Morgan fingerprint density at radius 3 is 2.74 bits per heavy atom. The van der Waals surface area contributed by atoms with Crippen molar-refractivity contribution in [3.63, 3.8) is 0 Å². The molecule has 1 aromatic carbocycles. The minimum Gasteiger partial charge on any atom is -0.496 e. The molecule has 0 radical (unpaired) electrons. The number of morpholine rings is 1. The Balaban J connectivity index is 2.23. The molecule has 106 valence electrons. The Labute approximate surface area is 115 Å². The topological polar surface area (TPSA) is 47.7 Å². The third-order valence-corrected chi connectivity index (χ3v) is 3.72. The van der Waals surface area contributed by atoms with Gasteiger partial charge in [-0.2, -0.15) is 0 Å².